The molecular formula is C23H18N2O5S. The first-order chi connectivity index (χ1) is 14.8. The number of hydrogen-bond acceptors (Lipinski definition) is 7. The number of hydrogen-bond donors (Lipinski definition) is 0. The zero-order valence-corrected chi connectivity index (χ0v) is 17.6. The van der Waals surface area contributed by atoms with Crippen LogP contribution in [-0.4, -0.2) is 22.4 Å². The van der Waals surface area contributed by atoms with E-state index in [1.54, 1.807) is 48.5 Å². The quantitative estimate of drug-likeness (QED) is 0.167. The summed E-state index contributed by atoms with van der Waals surface area (Å²) in [5.41, 5.74) is 1.87. The van der Waals surface area contributed by atoms with E-state index in [2.05, 4.69) is 5.16 Å². The van der Waals surface area contributed by atoms with E-state index in [9.17, 15) is 19.7 Å². The summed E-state index contributed by atoms with van der Waals surface area (Å²) in [6.45, 7) is 3.06. The van der Waals surface area contributed by atoms with Crippen molar-refractivity contribution in [2.24, 2.45) is 5.16 Å². The Hall–Kier alpha value is -3.78. The van der Waals surface area contributed by atoms with Crippen molar-refractivity contribution in [1.82, 2.24) is 0 Å². The molecule has 8 heteroatoms. The standard InChI is InChI=1S/C23H18N2O5S/c1-15-5-3-4-6-21(15)22(24-30-16(2)26)23(27)17-7-11-19(12-8-17)31-20-13-9-18(10-14-20)25(28)29/h3-14H,1-2H3/b24-22-. The van der Waals surface area contributed by atoms with Crippen LogP contribution in [0.3, 0.4) is 0 Å². The van der Waals surface area contributed by atoms with Crippen LogP contribution in [-0.2, 0) is 9.63 Å². The van der Waals surface area contributed by atoms with Crippen molar-refractivity contribution in [2.45, 2.75) is 23.6 Å². The fraction of sp³-hybridized carbons (Fsp3) is 0.0870. The van der Waals surface area contributed by atoms with Gasteiger partial charge in [0.2, 0.25) is 5.78 Å². The third-order valence-corrected chi connectivity index (χ3v) is 5.30. The lowest BCUT2D eigenvalue weighted by atomic mass is 9.97. The minimum Gasteiger partial charge on any atom is -0.318 e. The molecule has 0 amide bonds. The fourth-order valence-corrected chi connectivity index (χ4v) is 3.56. The van der Waals surface area contributed by atoms with Crippen molar-refractivity contribution >= 4 is 34.9 Å². The molecule has 0 unspecified atom stereocenters. The molecule has 0 aliphatic carbocycles. The van der Waals surface area contributed by atoms with Gasteiger partial charge in [-0.2, -0.15) is 0 Å². The lowest BCUT2D eigenvalue weighted by Gasteiger charge is -2.09. The molecule has 3 aromatic carbocycles. The number of ketones is 1. The maximum absolute atomic E-state index is 13.1. The summed E-state index contributed by atoms with van der Waals surface area (Å²) in [5, 5.41) is 14.6. The molecule has 0 aliphatic heterocycles. The first-order valence-corrected chi connectivity index (χ1v) is 10.1. The topological polar surface area (TPSA) is 98.9 Å². The summed E-state index contributed by atoms with van der Waals surface area (Å²) < 4.78 is 0. The molecule has 7 nitrogen and oxygen atoms in total. The Balaban J connectivity index is 1.83. The summed E-state index contributed by atoms with van der Waals surface area (Å²) in [7, 11) is 0. The second-order valence-electron chi connectivity index (χ2n) is 6.54. The first-order valence-electron chi connectivity index (χ1n) is 9.24. The number of carbonyl (C=O) groups excluding carboxylic acids is 2. The second-order valence-corrected chi connectivity index (χ2v) is 7.69. The van der Waals surface area contributed by atoms with Crippen LogP contribution in [0.15, 0.2) is 87.7 Å². The Morgan fingerprint density at radius 3 is 2.06 bits per heavy atom. The van der Waals surface area contributed by atoms with Crippen molar-refractivity contribution < 1.29 is 19.3 Å². The third kappa shape index (κ3) is 5.64. The highest BCUT2D eigenvalue weighted by atomic mass is 32.2. The van der Waals surface area contributed by atoms with Gasteiger partial charge in [0.1, 0.15) is 0 Å². The third-order valence-electron chi connectivity index (χ3n) is 4.28. The van der Waals surface area contributed by atoms with E-state index in [0.717, 1.165) is 15.4 Å². The minimum atomic E-state index is -0.617. The number of nitrogens with zero attached hydrogens (tertiary/aromatic N) is 2. The van der Waals surface area contributed by atoms with Gasteiger partial charge in [-0.05, 0) is 48.9 Å². The number of non-ortho nitro benzene ring substituents is 1. The summed E-state index contributed by atoms with van der Waals surface area (Å²) in [6, 6.07) is 20.3. The normalized spacial score (nSPS) is 11.1. The van der Waals surface area contributed by atoms with E-state index >= 15 is 0 Å². The molecule has 0 atom stereocenters. The van der Waals surface area contributed by atoms with Gasteiger partial charge in [0.05, 0.1) is 4.92 Å². The Bertz CT molecular complexity index is 1160. The molecular weight excluding hydrogens is 416 g/mol. The number of Topliss-reactive ketones (excluding diaryl/α,β-unsaturated/α-hetero) is 1. The Morgan fingerprint density at radius 1 is 0.935 bits per heavy atom. The van der Waals surface area contributed by atoms with Gasteiger partial charge in [0, 0.05) is 40.0 Å². The Morgan fingerprint density at radius 2 is 1.52 bits per heavy atom. The number of oxime groups is 1. The highest BCUT2D eigenvalue weighted by Crippen LogP contribution is 2.29. The summed E-state index contributed by atoms with van der Waals surface area (Å²) in [6.07, 6.45) is 0. The van der Waals surface area contributed by atoms with Gasteiger partial charge in [0.25, 0.3) is 5.69 Å². The zero-order valence-electron chi connectivity index (χ0n) is 16.8. The van der Waals surface area contributed by atoms with Crippen LogP contribution in [0.2, 0.25) is 0 Å². The molecule has 0 saturated heterocycles. The van der Waals surface area contributed by atoms with Crippen LogP contribution in [0.25, 0.3) is 0 Å². The maximum atomic E-state index is 13.1. The van der Waals surface area contributed by atoms with Gasteiger partial charge in [-0.3, -0.25) is 14.9 Å². The van der Waals surface area contributed by atoms with Gasteiger partial charge in [-0.25, -0.2) is 4.79 Å². The average Bonchev–Trinajstić information content (AvgIpc) is 2.75. The van der Waals surface area contributed by atoms with Crippen molar-refractivity contribution in [1.29, 1.82) is 0 Å². The SMILES string of the molecule is CC(=O)O/N=C(\C(=O)c1ccc(Sc2ccc([N+](=O)[O-])cc2)cc1)c1ccccc1C. The van der Waals surface area contributed by atoms with Gasteiger partial charge in [0.15, 0.2) is 5.71 Å². The van der Waals surface area contributed by atoms with E-state index < -0.39 is 10.9 Å². The van der Waals surface area contributed by atoms with Crippen LogP contribution in [0.1, 0.15) is 28.4 Å². The molecule has 31 heavy (non-hydrogen) atoms. The van der Waals surface area contributed by atoms with Crippen LogP contribution >= 0.6 is 11.8 Å². The Kier molecular flexibility index (Phi) is 6.94. The summed E-state index contributed by atoms with van der Waals surface area (Å²) in [4.78, 5) is 41.1. The molecule has 0 aliphatic rings. The number of aryl methyl sites for hydroxylation is 1. The lowest BCUT2D eigenvalue weighted by molar-refractivity contribution is -0.384. The van der Waals surface area contributed by atoms with E-state index in [-0.39, 0.29) is 17.2 Å². The lowest BCUT2D eigenvalue weighted by Crippen LogP contribution is -2.18. The smallest absolute Gasteiger partial charge is 0.318 e. The van der Waals surface area contributed by atoms with Crippen molar-refractivity contribution in [3.63, 3.8) is 0 Å². The van der Waals surface area contributed by atoms with E-state index in [1.165, 1.54) is 30.8 Å². The fourth-order valence-electron chi connectivity index (χ4n) is 2.74. The maximum Gasteiger partial charge on any atom is 0.332 e. The molecule has 0 fully saturated rings. The number of carbonyl (C=O) groups is 2. The van der Waals surface area contributed by atoms with Gasteiger partial charge >= 0.3 is 5.97 Å². The first kappa shape index (κ1) is 21.9. The summed E-state index contributed by atoms with van der Waals surface area (Å²) >= 11 is 1.42. The number of nitro benzene ring substituents is 1. The van der Waals surface area contributed by atoms with Gasteiger partial charge < -0.3 is 4.84 Å². The molecule has 0 heterocycles. The van der Waals surface area contributed by atoms with Crippen LogP contribution in [0.4, 0.5) is 5.69 Å². The average molecular weight is 434 g/mol. The van der Waals surface area contributed by atoms with Crippen LogP contribution < -0.4 is 0 Å². The Labute approximate surface area is 182 Å². The van der Waals surface area contributed by atoms with Gasteiger partial charge in [-0.15, -0.1) is 0 Å². The van der Waals surface area contributed by atoms with E-state index in [0.29, 0.717) is 11.1 Å². The molecule has 3 aromatic rings. The molecule has 0 radical (unpaired) electrons. The summed E-state index contributed by atoms with van der Waals surface area (Å²) in [5.74, 6) is -0.990. The predicted molar refractivity (Wildman–Crippen MR) is 117 cm³/mol. The van der Waals surface area contributed by atoms with E-state index in [4.69, 9.17) is 4.84 Å². The number of rotatable bonds is 7. The van der Waals surface area contributed by atoms with E-state index in [1.807, 2.05) is 19.1 Å². The molecule has 0 spiro atoms. The number of benzene rings is 3. The molecule has 0 N–H and O–H groups in total. The largest absolute Gasteiger partial charge is 0.332 e. The van der Waals surface area contributed by atoms with Crippen molar-refractivity contribution in [3.8, 4) is 0 Å². The van der Waals surface area contributed by atoms with Crippen LogP contribution in [0, 0.1) is 17.0 Å². The van der Waals surface area contributed by atoms with Gasteiger partial charge in [-0.1, -0.05) is 41.2 Å². The number of nitro groups is 1. The molecule has 0 aromatic heterocycles. The molecule has 156 valence electrons. The van der Waals surface area contributed by atoms with Crippen LogP contribution in [0.5, 0.6) is 0 Å². The second kappa shape index (κ2) is 9.82. The molecule has 0 saturated carbocycles. The monoisotopic (exact) mass is 434 g/mol. The van der Waals surface area contributed by atoms with Crippen molar-refractivity contribution in [2.75, 3.05) is 0 Å². The predicted octanol–water partition coefficient (Wildman–Crippen LogP) is 5.20. The highest BCUT2D eigenvalue weighted by molar-refractivity contribution is 7.99. The molecule has 3 rings (SSSR count). The molecule has 0 bridgehead atoms. The highest BCUT2D eigenvalue weighted by Gasteiger charge is 2.19. The van der Waals surface area contributed by atoms with Crippen molar-refractivity contribution in [3.05, 3.63) is 99.6 Å². The minimum absolute atomic E-state index is 0.0288. The zero-order chi connectivity index (χ0) is 22.4.